The maximum absolute atomic E-state index is 12.7. The summed E-state index contributed by atoms with van der Waals surface area (Å²) in [6.07, 6.45) is 1.45. The zero-order chi connectivity index (χ0) is 15.0. The van der Waals surface area contributed by atoms with Gasteiger partial charge < -0.3 is 5.32 Å². The predicted molar refractivity (Wildman–Crippen MR) is 79.4 cm³/mol. The van der Waals surface area contributed by atoms with Crippen LogP contribution in [0, 0.1) is 5.82 Å². The maximum atomic E-state index is 12.7. The molecule has 0 aliphatic rings. The minimum absolute atomic E-state index is 0.119. The van der Waals surface area contributed by atoms with Gasteiger partial charge in [0, 0.05) is 12.6 Å². The highest BCUT2D eigenvalue weighted by Crippen LogP contribution is 2.03. The first-order valence-electron chi connectivity index (χ1n) is 6.84. The molecule has 6 heteroatoms. The number of halogens is 1. The summed E-state index contributed by atoms with van der Waals surface area (Å²) in [5.74, 6) is -0.206. The molecule has 20 heavy (non-hydrogen) atoms. The van der Waals surface area contributed by atoms with E-state index in [4.69, 9.17) is 0 Å². The Balaban J connectivity index is 2.26. The first-order valence-corrected chi connectivity index (χ1v) is 8.49. The molecular weight excluding hydrogens is 279 g/mol. The highest BCUT2D eigenvalue weighted by atomic mass is 32.2. The van der Waals surface area contributed by atoms with E-state index in [1.165, 1.54) is 12.1 Å². The van der Waals surface area contributed by atoms with Crippen molar-refractivity contribution in [2.45, 2.75) is 39.3 Å². The van der Waals surface area contributed by atoms with Crippen molar-refractivity contribution in [1.29, 1.82) is 0 Å². The number of nitrogens with one attached hydrogen (secondary N) is 2. The third-order valence-corrected chi connectivity index (χ3v) is 4.21. The van der Waals surface area contributed by atoms with Gasteiger partial charge >= 0.3 is 0 Å². The molecule has 0 amide bonds. The molecule has 0 saturated heterocycles. The molecule has 0 aliphatic heterocycles. The van der Waals surface area contributed by atoms with Gasteiger partial charge in [-0.05, 0) is 37.1 Å². The summed E-state index contributed by atoms with van der Waals surface area (Å²) < 4.78 is 38.8. The van der Waals surface area contributed by atoms with Gasteiger partial charge in [-0.3, -0.25) is 0 Å². The standard InChI is InChI=1S/C14H23FN2O2S/c1-12(2)16-9-3-4-10-20(18,19)17-11-13-5-7-14(15)8-6-13/h5-8,12,16-17H,3-4,9-11H2,1-2H3. The van der Waals surface area contributed by atoms with Crippen LogP contribution in [0.2, 0.25) is 0 Å². The van der Waals surface area contributed by atoms with E-state index in [1.54, 1.807) is 12.1 Å². The van der Waals surface area contributed by atoms with Crippen molar-refractivity contribution >= 4 is 10.0 Å². The molecule has 0 aliphatic carbocycles. The Morgan fingerprint density at radius 1 is 1.15 bits per heavy atom. The molecule has 4 nitrogen and oxygen atoms in total. The van der Waals surface area contributed by atoms with E-state index in [9.17, 15) is 12.8 Å². The number of unbranched alkanes of at least 4 members (excludes halogenated alkanes) is 1. The van der Waals surface area contributed by atoms with Gasteiger partial charge in [0.05, 0.1) is 5.75 Å². The molecule has 1 aromatic carbocycles. The summed E-state index contributed by atoms with van der Waals surface area (Å²) in [5.41, 5.74) is 0.747. The lowest BCUT2D eigenvalue weighted by atomic mass is 10.2. The fourth-order valence-corrected chi connectivity index (χ4v) is 2.79. The Hall–Kier alpha value is -0.980. The van der Waals surface area contributed by atoms with Crippen LogP contribution in [-0.4, -0.2) is 26.8 Å². The van der Waals surface area contributed by atoms with Crippen LogP contribution >= 0.6 is 0 Å². The average molecular weight is 302 g/mol. The van der Waals surface area contributed by atoms with E-state index in [0.717, 1.165) is 18.5 Å². The maximum Gasteiger partial charge on any atom is 0.211 e. The second-order valence-electron chi connectivity index (χ2n) is 5.08. The van der Waals surface area contributed by atoms with Crippen molar-refractivity contribution in [3.8, 4) is 0 Å². The van der Waals surface area contributed by atoms with Gasteiger partial charge in [-0.1, -0.05) is 26.0 Å². The molecule has 0 bridgehead atoms. The molecule has 0 atom stereocenters. The van der Waals surface area contributed by atoms with Crippen LogP contribution < -0.4 is 10.0 Å². The SMILES string of the molecule is CC(C)NCCCCS(=O)(=O)NCc1ccc(F)cc1. The van der Waals surface area contributed by atoms with Gasteiger partial charge in [0.1, 0.15) is 5.82 Å². The number of benzene rings is 1. The minimum atomic E-state index is -3.26. The van der Waals surface area contributed by atoms with Gasteiger partial charge in [0.15, 0.2) is 0 Å². The number of hydrogen-bond acceptors (Lipinski definition) is 3. The summed E-state index contributed by atoms with van der Waals surface area (Å²) in [7, 11) is -3.26. The summed E-state index contributed by atoms with van der Waals surface area (Å²) in [6, 6.07) is 6.21. The van der Waals surface area contributed by atoms with E-state index in [1.807, 2.05) is 0 Å². The molecular formula is C14H23FN2O2S. The Morgan fingerprint density at radius 3 is 2.40 bits per heavy atom. The van der Waals surface area contributed by atoms with E-state index < -0.39 is 10.0 Å². The molecule has 114 valence electrons. The van der Waals surface area contributed by atoms with Crippen LogP contribution in [0.4, 0.5) is 4.39 Å². The lowest BCUT2D eigenvalue weighted by Crippen LogP contribution is -2.27. The molecule has 2 N–H and O–H groups in total. The highest BCUT2D eigenvalue weighted by molar-refractivity contribution is 7.89. The molecule has 0 saturated carbocycles. The van der Waals surface area contributed by atoms with Crippen LogP contribution in [0.15, 0.2) is 24.3 Å². The lowest BCUT2D eigenvalue weighted by molar-refractivity contribution is 0.555. The molecule has 1 rings (SSSR count). The van der Waals surface area contributed by atoms with Gasteiger partial charge in [-0.25, -0.2) is 17.5 Å². The number of rotatable bonds is 9. The normalized spacial score (nSPS) is 12.0. The van der Waals surface area contributed by atoms with Crippen LogP contribution in [0.1, 0.15) is 32.3 Å². The van der Waals surface area contributed by atoms with Gasteiger partial charge in [-0.2, -0.15) is 0 Å². The second-order valence-corrected chi connectivity index (χ2v) is 7.01. The van der Waals surface area contributed by atoms with Crippen molar-refractivity contribution in [3.05, 3.63) is 35.6 Å². The predicted octanol–water partition coefficient (Wildman–Crippen LogP) is 2.02. The zero-order valence-corrected chi connectivity index (χ0v) is 12.8. The van der Waals surface area contributed by atoms with Crippen molar-refractivity contribution in [2.75, 3.05) is 12.3 Å². The summed E-state index contributed by atoms with van der Waals surface area (Å²) in [4.78, 5) is 0. The molecule has 0 fully saturated rings. The molecule has 1 aromatic rings. The van der Waals surface area contributed by atoms with E-state index >= 15 is 0 Å². The van der Waals surface area contributed by atoms with Gasteiger partial charge in [0.25, 0.3) is 0 Å². The van der Waals surface area contributed by atoms with E-state index in [-0.39, 0.29) is 18.1 Å². The molecule has 0 aromatic heterocycles. The monoisotopic (exact) mass is 302 g/mol. The molecule has 0 radical (unpaired) electrons. The van der Waals surface area contributed by atoms with Crippen LogP contribution in [0.5, 0.6) is 0 Å². The quantitative estimate of drug-likeness (QED) is 0.686. The fourth-order valence-electron chi connectivity index (χ4n) is 1.68. The average Bonchev–Trinajstić information content (AvgIpc) is 2.37. The zero-order valence-electron chi connectivity index (χ0n) is 12.0. The Morgan fingerprint density at radius 2 is 1.80 bits per heavy atom. The van der Waals surface area contributed by atoms with Gasteiger partial charge in [0.2, 0.25) is 10.0 Å². The first kappa shape index (κ1) is 17.1. The van der Waals surface area contributed by atoms with Crippen molar-refractivity contribution in [2.24, 2.45) is 0 Å². The minimum Gasteiger partial charge on any atom is -0.315 e. The Kier molecular flexibility index (Phi) is 7.12. The summed E-state index contributed by atoms with van der Waals surface area (Å²) >= 11 is 0. The van der Waals surface area contributed by atoms with Crippen LogP contribution in [0.3, 0.4) is 0 Å². The number of hydrogen-bond donors (Lipinski definition) is 2. The van der Waals surface area contributed by atoms with E-state index in [2.05, 4.69) is 23.9 Å². The fraction of sp³-hybridized carbons (Fsp3) is 0.571. The summed E-state index contributed by atoms with van der Waals surface area (Å²) in [5, 5.41) is 3.24. The smallest absolute Gasteiger partial charge is 0.211 e. The Labute approximate surface area is 120 Å². The van der Waals surface area contributed by atoms with Crippen molar-refractivity contribution < 1.29 is 12.8 Å². The highest BCUT2D eigenvalue weighted by Gasteiger charge is 2.09. The summed E-state index contributed by atoms with van der Waals surface area (Å²) in [6.45, 7) is 5.14. The molecule has 0 heterocycles. The van der Waals surface area contributed by atoms with E-state index in [0.29, 0.717) is 12.5 Å². The largest absolute Gasteiger partial charge is 0.315 e. The van der Waals surface area contributed by atoms with Gasteiger partial charge in [-0.15, -0.1) is 0 Å². The topological polar surface area (TPSA) is 58.2 Å². The first-order chi connectivity index (χ1) is 9.39. The second kappa shape index (κ2) is 8.34. The number of sulfonamides is 1. The third-order valence-electron chi connectivity index (χ3n) is 2.80. The molecule has 0 spiro atoms. The van der Waals surface area contributed by atoms with Crippen LogP contribution in [0.25, 0.3) is 0 Å². The third kappa shape index (κ3) is 7.57. The van der Waals surface area contributed by atoms with Crippen molar-refractivity contribution in [1.82, 2.24) is 10.0 Å². The molecule has 0 unspecified atom stereocenters. The lowest BCUT2D eigenvalue weighted by Gasteiger charge is -2.09. The Bertz CT molecular complexity index is 486. The van der Waals surface area contributed by atoms with Crippen molar-refractivity contribution in [3.63, 3.8) is 0 Å². The van der Waals surface area contributed by atoms with Crippen LogP contribution in [-0.2, 0) is 16.6 Å².